The molecule has 0 bridgehead atoms. The van der Waals surface area contributed by atoms with Crippen molar-refractivity contribution in [1.82, 2.24) is 5.16 Å². The summed E-state index contributed by atoms with van der Waals surface area (Å²) in [6.07, 6.45) is 0. The van der Waals surface area contributed by atoms with Crippen LogP contribution in [0.25, 0.3) is 11.3 Å². The number of benzene rings is 2. The Morgan fingerprint density at radius 2 is 1.96 bits per heavy atom. The van der Waals surface area contributed by atoms with E-state index in [4.69, 9.17) is 9.26 Å². The highest BCUT2D eigenvalue weighted by molar-refractivity contribution is 7.98. The van der Waals surface area contributed by atoms with E-state index in [1.165, 1.54) is 0 Å². The summed E-state index contributed by atoms with van der Waals surface area (Å²) in [4.78, 5) is 15.6. The minimum absolute atomic E-state index is 0.185. The van der Waals surface area contributed by atoms with Gasteiger partial charge in [-0.15, -0.1) is 11.8 Å². The van der Waals surface area contributed by atoms with E-state index >= 15 is 0 Å². The zero-order valence-corrected chi connectivity index (χ0v) is 14.7. The second-order valence-corrected chi connectivity index (χ2v) is 6.70. The largest absolute Gasteiger partial charge is 0.497 e. The maximum atomic E-state index is 12.9. The average molecular weight is 352 g/mol. The number of hydrogen-bond donors (Lipinski definition) is 0. The van der Waals surface area contributed by atoms with Crippen molar-refractivity contribution < 1.29 is 14.1 Å². The second-order valence-electron chi connectivity index (χ2n) is 5.69. The Hall–Kier alpha value is -2.73. The maximum Gasteiger partial charge on any atom is 0.280 e. The Balaban J connectivity index is 1.67. The van der Waals surface area contributed by atoms with E-state index in [2.05, 4.69) is 11.2 Å². The summed E-state index contributed by atoms with van der Waals surface area (Å²) in [7, 11) is 3.34. The number of amides is 1. The van der Waals surface area contributed by atoms with Gasteiger partial charge in [0, 0.05) is 34.5 Å². The molecule has 0 fully saturated rings. The summed E-state index contributed by atoms with van der Waals surface area (Å²) in [6.45, 7) is 0. The van der Waals surface area contributed by atoms with Crippen LogP contribution in [-0.4, -0.2) is 25.2 Å². The molecule has 1 aliphatic rings. The highest BCUT2D eigenvalue weighted by atomic mass is 32.2. The van der Waals surface area contributed by atoms with Crippen LogP contribution < -0.4 is 9.64 Å². The maximum absolute atomic E-state index is 12.9. The first-order valence-corrected chi connectivity index (χ1v) is 8.80. The molecule has 25 heavy (non-hydrogen) atoms. The summed E-state index contributed by atoms with van der Waals surface area (Å²) in [5, 5.41) is 4.07. The Labute approximate surface area is 149 Å². The van der Waals surface area contributed by atoms with Gasteiger partial charge in [0.05, 0.1) is 7.11 Å². The molecule has 1 amide bonds. The van der Waals surface area contributed by atoms with Crippen molar-refractivity contribution in [2.45, 2.75) is 10.6 Å². The molecule has 6 heteroatoms. The number of thioether (sulfide) groups is 1. The predicted molar refractivity (Wildman–Crippen MR) is 97.2 cm³/mol. The van der Waals surface area contributed by atoms with Crippen molar-refractivity contribution >= 4 is 23.4 Å². The Morgan fingerprint density at radius 1 is 1.20 bits per heavy atom. The van der Waals surface area contributed by atoms with Gasteiger partial charge in [-0.05, 0) is 36.4 Å². The molecule has 2 aromatic carbocycles. The van der Waals surface area contributed by atoms with E-state index in [0.29, 0.717) is 17.2 Å². The van der Waals surface area contributed by atoms with Crippen molar-refractivity contribution in [3.05, 3.63) is 59.8 Å². The molecule has 0 spiro atoms. The van der Waals surface area contributed by atoms with Crippen LogP contribution in [0.15, 0.2) is 57.9 Å². The SMILES string of the molecule is COc1ccc(N(C)C(=O)c2noc3c2CSc2ccccc2-3)cc1. The molecule has 1 aliphatic heterocycles. The van der Waals surface area contributed by atoms with E-state index in [1.54, 1.807) is 30.8 Å². The van der Waals surface area contributed by atoms with Crippen molar-refractivity contribution in [3.63, 3.8) is 0 Å². The van der Waals surface area contributed by atoms with Crippen LogP contribution in [0.4, 0.5) is 5.69 Å². The van der Waals surface area contributed by atoms with Crippen LogP contribution in [0.3, 0.4) is 0 Å². The first-order chi connectivity index (χ1) is 12.2. The fourth-order valence-corrected chi connectivity index (χ4v) is 3.89. The van der Waals surface area contributed by atoms with Gasteiger partial charge in [0.2, 0.25) is 0 Å². The summed E-state index contributed by atoms with van der Waals surface area (Å²) < 4.78 is 10.7. The number of anilines is 1. The van der Waals surface area contributed by atoms with E-state index in [9.17, 15) is 4.79 Å². The first kappa shape index (κ1) is 15.8. The monoisotopic (exact) mass is 352 g/mol. The molecule has 4 rings (SSSR count). The zero-order chi connectivity index (χ0) is 17.4. The van der Waals surface area contributed by atoms with Gasteiger partial charge in [0.25, 0.3) is 5.91 Å². The standard InChI is InChI=1S/C19H16N2O3S/c1-21(12-7-9-13(23-2)10-8-12)19(22)17-15-11-25-16-6-4-3-5-14(16)18(15)24-20-17/h3-10H,11H2,1-2H3. The first-order valence-electron chi connectivity index (χ1n) is 7.82. The molecule has 5 nitrogen and oxygen atoms in total. The lowest BCUT2D eigenvalue weighted by molar-refractivity contribution is 0.0984. The third kappa shape index (κ3) is 2.68. The minimum atomic E-state index is -0.185. The van der Waals surface area contributed by atoms with Crippen molar-refractivity contribution in [2.75, 3.05) is 19.1 Å². The van der Waals surface area contributed by atoms with Crippen LogP contribution in [0.5, 0.6) is 5.75 Å². The highest BCUT2D eigenvalue weighted by Crippen LogP contribution is 2.42. The van der Waals surface area contributed by atoms with Gasteiger partial charge < -0.3 is 14.2 Å². The molecule has 3 aromatic rings. The average Bonchev–Trinajstić information content (AvgIpc) is 3.11. The molecule has 0 aliphatic carbocycles. The van der Waals surface area contributed by atoms with Crippen molar-refractivity contribution in [2.24, 2.45) is 0 Å². The summed E-state index contributed by atoms with van der Waals surface area (Å²) in [5.41, 5.74) is 2.99. The van der Waals surface area contributed by atoms with Gasteiger partial charge in [0.1, 0.15) is 5.75 Å². The quantitative estimate of drug-likeness (QED) is 0.706. The Bertz CT molecular complexity index is 934. The Morgan fingerprint density at radius 3 is 2.72 bits per heavy atom. The van der Waals surface area contributed by atoms with Gasteiger partial charge in [-0.25, -0.2) is 0 Å². The van der Waals surface area contributed by atoms with Gasteiger partial charge in [-0.3, -0.25) is 4.79 Å². The van der Waals surface area contributed by atoms with Gasteiger partial charge in [0.15, 0.2) is 11.5 Å². The van der Waals surface area contributed by atoms with E-state index in [1.807, 2.05) is 42.5 Å². The smallest absolute Gasteiger partial charge is 0.280 e. The van der Waals surface area contributed by atoms with E-state index < -0.39 is 0 Å². The van der Waals surface area contributed by atoms with Crippen molar-refractivity contribution in [3.8, 4) is 17.1 Å². The number of hydrogen-bond acceptors (Lipinski definition) is 5. The molecule has 0 atom stereocenters. The predicted octanol–water partition coefficient (Wildman–Crippen LogP) is 4.23. The molecule has 1 aromatic heterocycles. The molecule has 2 heterocycles. The fourth-order valence-electron chi connectivity index (χ4n) is 2.83. The third-order valence-corrected chi connectivity index (χ3v) is 5.36. The summed E-state index contributed by atoms with van der Waals surface area (Å²) in [6, 6.07) is 15.3. The number of ether oxygens (including phenoxy) is 1. The fraction of sp³-hybridized carbons (Fsp3) is 0.158. The third-order valence-electron chi connectivity index (χ3n) is 4.26. The molecule has 126 valence electrons. The molecular formula is C19H16N2O3S. The van der Waals surface area contributed by atoms with E-state index in [-0.39, 0.29) is 5.91 Å². The molecule has 0 radical (unpaired) electrons. The normalized spacial score (nSPS) is 12.2. The van der Waals surface area contributed by atoms with Crippen LogP contribution in [-0.2, 0) is 5.75 Å². The van der Waals surface area contributed by atoms with E-state index in [0.717, 1.165) is 27.5 Å². The lowest BCUT2D eigenvalue weighted by Crippen LogP contribution is -2.27. The number of carbonyl (C=O) groups is 1. The van der Waals surface area contributed by atoms with Crippen LogP contribution >= 0.6 is 11.8 Å². The Kier molecular flexibility index (Phi) is 3.97. The number of carbonyl (C=O) groups excluding carboxylic acids is 1. The van der Waals surface area contributed by atoms with Gasteiger partial charge in [-0.1, -0.05) is 17.3 Å². The van der Waals surface area contributed by atoms with Crippen LogP contribution in [0.1, 0.15) is 16.1 Å². The molecule has 0 N–H and O–H groups in total. The van der Waals surface area contributed by atoms with Crippen molar-refractivity contribution in [1.29, 1.82) is 0 Å². The highest BCUT2D eigenvalue weighted by Gasteiger charge is 2.29. The second kappa shape index (κ2) is 6.29. The number of methoxy groups -OCH3 is 1. The topological polar surface area (TPSA) is 55.6 Å². The number of aromatic nitrogens is 1. The van der Waals surface area contributed by atoms with Crippen LogP contribution in [0.2, 0.25) is 0 Å². The van der Waals surface area contributed by atoms with Gasteiger partial charge >= 0.3 is 0 Å². The summed E-state index contributed by atoms with van der Waals surface area (Å²) >= 11 is 1.69. The number of fused-ring (bicyclic) bond motifs is 3. The van der Waals surface area contributed by atoms with Gasteiger partial charge in [-0.2, -0.15) is 0 Å². The molecular weight excluding hydrogens is 336 g/mol. The molecule has 0 unspecified atom stereocenters. The lowest BCUT2D eigenvalue weighted by Gasteiger charge is -2.18. The molecule has 0 saturated carbocycles. The van der Waals surface area contributed by atoms with Crippen LogP contribution in [0, 0.1) is 0 Å². The number of nitrogens with zero attached hydrogens (tertiary/aromatic N) is 2. The minimum Gasteiger partial charge on any atom is -0.497 e. The lowest BCUT2D eigenvalue weighted by atomic mass is 10.1. The molecule has 0 saturated heterocycles. The zero-order valence-electron chi connectivity index (χ0n) is 13.9. The summed E-state index contributed by atoms with van der Waals surface area (Å²) in [5.74, 6) is 1.93. The number of rotatable bonds is 3.